The molecule has 3 aromatic rings. The van der Waals surface area contributed by atoms with Gasteiger partial charge in [0.05, 0.1) is 24.0 Å². The molecule has 0 saturated carbocycles. The Morgan fingerprint density at radius 3 is 2.44 bits per heavy atom. The highest BCUT2D eigenvalue weighted by Crippen LogP contribution is 2.59. The largest absolute Gasteiger partial charge is 0.462 e. The second kappa shape index (κ2) is 21.5. The molecule has 2 fully saturated rings. The molecule has 0 spiro atoms. The van der Waals surface area contributed by atoms with E-state index in [4.69, 9.17) is 43.8 Å². The van der Waals surface area contributed by atoms with E-state index in [1.807, 2.05) is 48.2 Å². The van der Waals surface area contributed by atoms with Crippen LogP contribution >= 0.6 is 39.1 Å². The second-order valence-corrected chi connectivity index (χ2v) is 22.0. The molecule has 55 heavy (non-hydrogen) atoms. The maximum absolute atomic E-state index is 12.5. The number of urea groups is 1. The summed E-state index contributed by atoms with van der Waals surface area (Å²) in [6, 6.07) is 15.2. The Bertz CT molecular complexity index is 1830. The molecule has 2 aromatic carbocycles. The van der Waals surface area contributed by atoms with Crippen molar-refractivity contribution in [2.75, 3.05) is 25.9 Å². The summed E-state index contributed by atoms with van der Waals surface area (Å²) < 4.78 is 14.1. The summed E-state index contributed by atoms with van der Waals surface area (Å²) in [5, 5.41) is 24.8. The van der Waals surface area contributed by atoms with Gasteiger partial charge in [0.15, 0.2) is 0 Å². The number of carbonyl (C=O) groups excluding carboxylic acids is 3. The predicted molar refractivity (Wildman–Crippen MR) is 221 cm³/mol. The first kappa shape index (κ1) is 42.3. The maximum Gasteiger partial charge on any atom is 0.315 e. The van der Waals surface area contributed by atoms with Crippen molar-refractivity contribution in [2.45, 2.75) is 75.2 Å². The topological polar surface area (TPSA) is 164 Å². The summed E-state index contributed by atoms with van der Waals surface area (Å²) in [6.07, 6.45) is 12.7. The number of amides is 4. The number of hydrogen-bond acceptors (Lipinski definition) is 10. The quantitative estimate of drug-likeness (QED) is 0.0247. The fourth-order valence-electron chi connectivity index (χ4n) is 5.89. The van der Waals surface area contributed by atoms with Gasteiger partial charge in [-0.05, 0) is 120 Å². The molecular weight excluding hydrogens is 804 g/mol. The van der Waals surface area contributed by atoms with Gasteiger partial charge in [-0.1, -0.05) is 23.8 Å². The Hall–Kier alpha value is -3.82. The molecule has 0 bridgehead atoms. The highest BCUT2D eigenvalue weighted by atomic mass is 35.9. The number of hydrogen-bond donors (Lipinski definition) is 4. The molecule has 14 nitrogen and oxygen atoms in total. The smallest absolute Gasteiger partial charge is 0.315 e. The minimum Gasteiger partial charge on any atom is -0.462 e. The summed E-state index contributed by atoms with van der Waals surface area (Å²) >= 11 is 18.8. The molecule has 3 atom stereocenters. The van der Waals surface area contributed by atoms with Gasteiger partial charge in [0, 0.05) is 43.8 Å². The minimum atomic E-state index is -2.65. The number of fused-ring (bicyclic) bond motifs is 1. The van der Waals surface area contributed by atoms with Crippen molar-refractivity contribution in [2.24, 2.45) is 5.10 Å². The number of unbranched alkanes of at least 4 members (excludes halogenated alkanes) is 2. The number of benzene rings is 2. The predicted octanol–water partition coefficient (Wildman–Crippen LogP) is 5.70. The minimum absolute atomic E-state index is 0.0657. The fourth-order valence-corrected chi connectivity index (χ4v) is 7.97. The first-order chi connectivity index (χ1) is 26.5. The molecule has 0 radical (unpaired) electrons. The van der Waals surface area contributed by atoms with E-state index < -0.39 is 4.89 Å². The van der Waals surface area contributed by atoms with Crippen LogP contribution in [-0.4, -0.2) is 87.1 Å². The van der Waals surface area contributed by atoms with E-state index in [1.54, 1.807) is 36.3 Å². The number of nitrogens with one attached hydrogen (secondary N) is 4. The van der Waals surface area contributed by atoms with Crippen molar-refractivity contribution in [3.8, 4) is 11.5 Å². The maximum atomic E-state index is 12.5. The molecule has 2 saturated heterocycles. The molecule has 1 aromatic heterocycles. The van der Waals surface area contributed by atoms with Gasteiger partial charge in [-0.3, -0.25) is 9.59 Å². The van der Waals surface area contributed by atoms with Crippen LogP contribution in [-0.2, 0) is 40.8 Å². The molecule has 3 heterocycles. The van der Waals surface area contributed by atoms with Crippen molar-refractivity contribution in [3.63, 3.8) is 0 Å². The number of aromatic nitrogens is 3. The Kier molecular flexibility index (Phi) is 16.5. The van der Waals surface area contributed by atoms with Crippen LogP contribution in [0.15, 0.2) is 72.4 Å². The molecule has 5 rings (SSSR count). The molecule has 19 heteroatoms. The van der Waals surface area contributed by atoms with Crippen molar-refractivity contribution in [1.29, 1.82) is 0 Å². The van der Waals surface area contributed by atoms with Crippen LogP contribution in [0.2, 0.25) is 0 Å². The van der Waals surface area contributed by atoms with Gasteiger partial charge in [0.1, 0.15) is 30.6 Å². The molecule has 3 unspecified atom stereocenters. The van der Waals surface area contributed by atoms with Gasteiger partial charge in [0.25, 0.3) is 0 Å². The summed E-state index contributed by atoms with van der Waals surface area (Å²) in [7, 11) is 1.63. The number of ether oxygens (including phenoxy) is 2. The summed E-state index contributed by atoms with van der Waals surface area (Å²) in [4.78, 5) is 33.6. The van der Waals surface area contributed by atoms with E-state index >= 15 is 0 Å². The van der Waals surface area contributed by atoms with Gasteiger partial charge in [-0.2, -0.15) is 16.9 Å². The zero-order valence-electron chi connectivity index (χ0n) is 30.4. The lowest BCUT2D eigenvalue weighted by Gasteiger charge is -2.16. The zero-order chi connectivity index (χ0) is 39.0. The molecule has 0 aliphatic carbocycles. The van der Waals surface area contributed by atoms with Crippen molar-refractivity contribution in [1.82, 2.24) is 41.0 Å². The van der Waals surface area contributed by atoms with Crippen LogP contribution in [0.5, 0.6) is 11.5 Å². The third-order valence-electron chi connectivity index (χ3n) is 8.87. The number of aryl methyl sites for hydroxylation is 1. The Balaban J connectivity index is 0.872. The monoisotopic (exact) mass is 849 g/mol. The van der Waals surface area contributed by atoms with Gasteiger partial charge < -0.3 is 30.7 Å². The number of hydrazone groups is 1. The number of carbonyl (C=O) groups is 3. The fraction of sp³-hybridized carbons (Fsp3) is 0.444. The highest BCUT2D eigenvalue weighted by molar-refractivity contribution is 8.37. The lowest BCUT2D eigenvalue weighted by molar-refractivity contribution is -0.122. The van der Waals surface area contributed by atoms with Crippen LogP contribution in [0.3, 0.4) is 0 Å². The molecule has 296 valence electrons. The molecular formula is C36H46Cl2N9O5PS2. The number of halogens is 2. The first-order valence-corrected chi connectivity index (χ1v) is 23.7. The Morgan fingerprint density at radius 2 is 1.71 bits per heavy atom. The van der Waals surface area contributed by atoms with Crippen molar-refractivity contribution < 1.29 is 23.9 Å². The van der Waals surface area contributed by atoms with Crippen molar-refractivity contribution in [3.05, 3.63) is 84.1 Å². The third kappa shape index (κ3) is 14.6. The lowest BCUT2D eigenvalue weighted by Crippen LogP contribution is -2.36. The van der Waals surface area contributed by atoms with Crippen LogP contribution in [0, 0.1) is 0 Å². The number of rotatable bonds is 22. The highest BCUT2D eigenvalue weighted by Gasteiger charge is 2.42. The summed E-state index contributed by atoms with van der Waals surface area (Å²) in [5.41, 5.74) is 2.70. The van der Waals surface area contributed by atoms with E-state index in [0.717, 1.165) is 61.1 Å². The normalized spacial score (nSPS) is 17.9. The Labute approximate surface area is 340 Å². The van der Waals surface area contributed by atoms with Gasteiger partial charge in [-0.25, -0.2) is 14.3 Å². The molecule has 4 N–H and O–H groups in total. The number of nitrogens with zero attached hydrogens (tertiary/aromatic N) is 5. The average molecular weight is 851 g/mol. The molecule has 2 aliphatic heterocycles. The zero-order valence-corrected chi connectivity index (χ0v) is 34.5. The lowest BCUT2D eigenvalue weighted by atomic mass is 10.0. The van der Waals surface area contributed by atoms with Crippen LogP contribution in [0.4, 0.5) is 4.79 Å². The van der Waals surface area contributed by atoms with E-state index in [9.17, 15) is 14.4 Å². The van der Waals surface area contributed by atoms with E-state index in [1.165, 1.54) is 17.3 Å². The van der Waals surface area contributed by atoms with Gasteiger partial charge >= 0.3 is 6.03 Å². The third-order valence-corrected chi connectivity index (χ3v) is 13.2. The van der Waals surface area contributed by atoms with Crippen molar-refractivity contribution >= 4 is 75.0 Å². The first-order valence-electron chi connectivity index (χ1n) is 18.1. The van der Waals surface area contributed by atoms with Gasteiger partial charge in [0.2, 0.25) is 16.7 Å². The number of thioether (sulfide) groups is 1. The van der Waals surface area contributed by atoms with Crippen LogP contribution in [0.25, 0.3) is 0 Å². The molecule has 2 aliphatic rings. The Morgan fingerprint density at radius 1 is 1.00 bits per heavy atom. The van der Waals surface area contributed by atoms with Crippen LogP contribution in [0.1, 0.15) is 55.3 Å². The summed E-state index contributed by atoms with van der Waals surface area (Å²) in [5.74, 6) is 2.15. The standard InChI is InChI=1S/C36H46Cl2N9O5PS2/c1-46(53(37,38)54)41-22-27-11-15-30(16-12-27)52-21-20-51-29-13-9-26(10-14-29)17-19-40-34(49)24-47-23-28(44-45-47)6-4-5-18-39-33(48)8-3-2-7-32-35-31(25-55-32)42-36(50)43-35/h9-16,20-23,31-32,35H,2-8,17-19,24-25H2,1H3,(H,39,48)(H,40,49)(H2,42,43,50)/b21-20?,41-22-. The second-order valence-electron chi connectivity index (χ2n) is 13.1. The molecule has 4 amide bonds. The van der Waals surface area contributed by atoms with E-state index in [0.29, 0.717) is 42.7 Å². The van der Waals surface area contributed by atoms with Gasteiger partial charge in [-0.15, -0.1) is 5.10 Å². The SMILES string of the molecule is CN(/N=C\c1ccc(OC=COc2ccc(CCNC(=O)Cn3cc(CCCCNC(=O)CCCCC4SCC5NC(=O)NC54)nn3)cc2)cc1)P(=S)(Cl)Cl. The van der Waals surface area contributed by atoms with Crippen LogP contribution < -0.4 is 30.7 Å². The van der Waals surface area contributed by atoms with E-state index in [-0.39, 0.29) is 36.5 Å². The average Bonchev–Trinajstić information content (AvgIpc) is 3.87. The summed E-state index contributed by atoms with van der Waals surface area (Å²) in [6.45, 7) is 1.19. The van der Waals surface area contributed by atoms with E-state index in [2.05, 4.69) is 36.7 Å².